The van der Waals surface area contributed by atoms with E-state index in [2.05, 4.69) is 44.9 Å². The van der Waals surface area contributed by atoms with Crippen LogP contribution in [0.4, 0.5) is 5.13 Å². The molecule has 2 unspecified atom stereocenters. The van der Waals surface area contributed by atoms with E-state index < -0.39 is 0 Å². The van der Waals surface area contributed by atoms with Gasteiger partial charge in [-0.15, -0.1) is 0 Å². The van der Waals surface area contributed by atoms with E-state index in [0.29, 0.717) is 11.7 Å². The van der Waals surface area contributed by atoms with Gasteiger partial charge in [-0.25, -0.2) is 4.98 Å². The summed E-state index contributed by atoms with van der Waals surface area (Å²) in [6.07, 6.45) is 3.58. The Morgan fingerprint density at radius 2 is 1.83 bits per heavy atom. The third-order valence-corrected chi connectivity index (χ3v) is 6.34. The van der Waals surface area contributed by atoms with Gasteiger partial charge in [-0.05, 0) is 41.0 Å². The molecular weight excluding hydrogens is 380 g/mol. The molecule has 0 radical (unpaired) electrons. The molecule has 0 aliphatic carbocycles. The van der Waals surface area contributed by atoms with Gasteiger partial charge < -0.3 is 10.6 Å². The average molecular weight is 401 g/mol. The number of hydrogen-bond acceptors (Lipinski definition) is 5. The molecule has 1 fully saturated rings. The maximum Gasteiger partial charge on any atom is 0.231 e. The van der Waals surface area contributed by atoms with Gasteiger partial charge in [0, 0.05) is 31.4 Å². The lowest BCUT2D eigenvalue weighted by Crippen LogP contribution is -2.28. The molecule has 1 amide bonds. The lowest BCUT2D eigenvalue weighted by Gasteiger charge is -2.17. The van der Waals surface area contributed by atoms with Crippen LogP contribution in [0.15, 0.2) is 73.1 Å². The second-order valence-electron chi connectivity index (χ2n) is 7.21. The van der Waals surface area contributed by atoms with Gasteiger partial charge in [-0.3, -0.25) is 9.78 Å². The van der Waals surface area contributed by atoms with Crippen molar-refractivity contribution in [3.63, 3.8) is 0 Å². The third kappa shape index (κ3) is 3.64. The summed E-state index contributed by atoms with van der Waals surface area (Å²) in [6, 6.07) is 20.4. The van der Waals surface area contributed by atoms with Crippen LogP contribution in [0.2, 0.25) is 0 Å². The van der Waals surface area contributed by atoms with E-state index >= 15 is 0 Å². The Kier molecular flexibility index (Phi) is 4.79. The van der Waals surface area contributed by atoms with Crippen molar-refractivity contribution >= 4 is 32.6 Å². The highest BCUT2D eigenvalue weighted by atomic mass is 32.1. The first-order valence-corrected chi connectivity index (χ1v) is 10.5. The predicted molar refractivity (Wildman–Crippen MR) is 117 cm³/mol. The molecule has 29 heavy (non-hydrogen) atoms. The van der Waals surface area contributed by atoms with Gasteiger partial charge in [-0.2, -0.15) is 0 Å². The number of carbonyl (C=O) groups is 1. The highest BCUT2D eigenvalue weighted by Crippen LogP contribution is 2.32. The summed E-state index contributed by atoms with van der Waals surface area (Å²) in [5.41, 5.74) is 4.32. The van der Waals surface area contributed by atoms with Crippen LogP contribution in [-0.2, 0) is 4.79 Å². The second-order valence-corrected chi connectivity index (χ2v) is 8.24. The van der Waals surface area contributed by atoms with Crippen LogP contribution >= 0.6 is 11.3 Å². The Labute approximate surface area is 172 Å². The summed E-state index contributed by atoms with van der Waals surface area (Å²) in [6.45, 7) is 1.50. The monoisotopic (exact) mass is 400 g/mol. The van der Waals surface area contributed by atoms with Crippen molar-refractivity contribution in [2.24, 2.45) is 5.92 Å². The van der Waals surface area contributed by atoms with Crippen molar-refractivity contribution in [2.45, 2.75) is 5.92 Å². The second kappa shape index (κ2) is 7.73. The number of nitrogens with zero attached hydrogens (tertiary/aromatic N) is 2. The van der Waals surface area contributed by atoms with Gasteiger partial charge in [0.1, 0.15) is 0 Å². The lowest BCUT2D eigenvalue weighted by molar-refractivity contribution is -0.119. The predicted octanol–water partition coefficient (Wildman–Crippen LogP) is 4.30. The van der Waals surface area contributed by atoms with E-state index in [4.69, 9.17) is 0 Å². The van der Waals surface area contributed by atoms with E-state index in [1.54, 1.807) is 12.4 Å². The van der Waals surface area contributed by atoms with Crippen LogP contribution in [0.3, 0.4) is 0 Å². The van der Waals surface area contributed by atoms with Crippen molar-refractivity contribution in [1.82, 2.24) is 15.3 Å². The molecule has 1 saturated heterocycles. The summed E-state index contributed by atoms with van der Waals surface area (Å²) in [5, 5.41) is 7.06. The zero-order valence-corrected chi connectivity index (χ0v) is 16.5. The van der Waals surface area contributed by atoms with Crippen molar-refractivity contribution in [3.05, 3.63) is 78.6 Å². The lowest BCUT2D eigenvalue weighted by atomic mass is 9.88. The van der Waals surface area contributed by atoms with Crippen LogP contribution in [0, 0.1) is 5.92 Å². The van der Waals surface area contributed by atoms with Crippen LogP contribution in [0.25, 0.3) is 21.3 Å². The number of anilines is 1. The number of hydrogen-bond donors (Lipinski definition) is 2. The molecule has 6 heteroatoms. The molecule has 0 bridgehead atoms. The molecule has 2 aromatic heterocycles. The first-order valence-electron chi connectivity index (χ1n) is 9.65. The standard InChI is InChI=1S/C23H20N4OS/c28-22(19-14-25-13-18(19)16-4-2-1-3-5-16)27-23-26-20-7-6-17(12-21(20)29-23)15-8-10-24-11-9-15/h1-12,18-19,25H,13-14H2,(H,26,27,28). The molecule has 3 heterocycles. The number of aromatic nitrogens is 2. The SMILES string of the molecule is O=C(Nc1nc2ccc(-c3ccncc3)cc2s1)C1CNCC1c1ccccc1. The molecule has 4 aromatic rings. The van der Waals surface area contributed by atoms with E-state index in [1.807, 2.05) is 36.4 Å². The van der Waals surface area contributed by atoms with E-state index in [-0.39, 0.29) is 17.7 Å². The molecule has 1 aliphatic heterocycles. The summed E-state index contributed by atoms with van der Waals surface area (Å²) < 4.78 is 1.05. The number of amides is 1. The quantitative estimate of drug-likeness (QED) is 0.536. The number of nitrogens with one attached hydrogen (secondary N) is 2. The van der Waals surface area contributed by atoms with Gasteiger partial charge >= 0.3 is 0 Å². The van der Waals surface area contributed by atoms with Gasteiger partial charge in [0.15, 0.2) is 5.13 Å². The Morgan fingerprint density at radius 3 is 2.66 bits per heavy atom. The normalized spacial score (nSPS) is 18.8. The Morgan fingerprint density at radius 1 is 1.00 bits per heavy atom. The minimum atomic E-state index is -0.100. The van der Waals surface area contributed by atoms with Crippen molar-refractivity contribution < 1.29 is 4.79 Å². The Hall–Kier alpha value is -3.09. The first kappa shape index (κ1) is 18.0. The maximum atomic E-state index is 13.0. The molecule has 2 aromatic carbocycles. The molecule has 2 atom stereocenters. The van der Waals surface area contributed by atoms with E-state index in [1.165, 1.54) is 16.9 Å². The molecule has 0 saturated carbocycles. The first-order chi connectivity index (χ1) is 14.3. The topological polar surface area (TPSA) is 66.9 Å². The summed E-state index contributed by atoms with van der Waals surface area (Å²) >= 11 is 1.51. The van der Waals surface area contributed by atoms with Gasteiger partial charge in [0.05, 0.1) is 16.1 Å². The van der Waals surface area contributed by atoms with Gasteiger partial charge in [-0.1, -0.05) is 47.7 Å². The molecule has 0 spiro atoms. The van der Waals surface area contributed by atoms with Gasteiger partial charge in [0.25, 0.3) is 0 Å². The smallest absolute Gasteiger partial charge is 0.231 e. The highest BCUT2D eigenvalue weighted by molar-refractivity contribution is 7.22. The van der Waals surface area contributed by atoms with Crippen LogP contribution < -0.4 is 10.6 Å². The van der Waals surface area contributed by atoms with E-state index in [0.717, 1.165) is 27.9 Å². The fraction of sp³-hybridized carbons (Fsp3) is 0.174. The van der Waals surface area contributed by atoms with Crippen LogP contribution in [-0.4, -0.2) is 29.0 Å². The van der Waals surface area contributed by atoms with Crippen molar-refractivity contribution in [1.29, 1.82) is 0 Å². The summed E-state index contributed by atoms with van der Waals surface area (Å²) in [4.78, 5) is 21.7. The minimum Gasteiger partial charge on any atom is -0.315 e. The Balaban J connectivity index is 1.36. The van der Waals surface area contributed by atoms with Crippen molar-refractivity contribution in [2.75, 3.05) is 18.4 Å². The fourth-order valence-electron chi connectivity index (χ4n) is 3.90. The zero-order valence-electron chi connectivity index (χ0n) is 15.7. The minimum absolute atomic E-state index is 0.0252. The number of pyridine rings is 1. The molecule has 1 aliphatic rings. The fourth-order valence-corrected chi connectivity index (χ4v) is 4.81. The molecule has 144 valence electrons. The third-order valence-electron chi connectivity index (χ3n) is 5.41. The van der Waals surface area contributed by atoms with Gasteiger partial charge in [0.2, 0.25) is 5.91 Å². The number of fused-ring (bicyclic) bond motifs is 1. The largest absolute Gasteiger partial charge is 0.315 e. The van der Waals surface area contributed by atoms with E-state index in [9.17, 15) is 4.79 Å². The van der Waals surface area contributed by atoms with Crippen molar-refractivity contribution in [3.8, 4) is 11.1 Å². The van der Waals surface area contributed by atoms with Crippen LogP contribution in [0.1, 0.15) is 11.5 Å². The average Bonchev–Trinajstić information content (AvgIpc) is 3.41. The molecule has 5 rings (SSSR count). The number of rotatable bonds is 4. The van der Waals surface area contributed by atoms with Crippen LogP contribution in [0.5, 0.6) is 0 Å². The molecule has 2 N–H and O–H groups in total. The summed E-state index contributed by atoms with van der Waals surface area (Å²) in [7, 11) is 0. The maximum absolute atomic E-state index is 13.0. The molecule has 5 nitrogen and oxygen atoms in total. The number of carbonyl (C=O) groups excluding carboxylic acids is 1. The number of benzene rings is 2. The Bertz CT molecular complexity index is 1140. The number of thiazole rings is 1. The summed E-state index contributed by atoms with van der Waals surface area (Å²) in [5.74, 6) is 0.109. The highest BCUT2D eigenvalue weighted by Gasteiger charge is 2.34. The molecular formula is C23H20N4OS. The zero-order chi connectivity index (χ0) is 19.6.